The molecule has 6 heteroatoms. The Morgan fingerprint density at radius 1 is 1.58 bits per heavy atom. The lowest BCUT2D eigenvalue weighted by molar-refractivity contribution is -0.141. The predicted molar refractivity (Wildman–Crippen MR) is 71.6 cm³/mol. The van der Waals surface area contributed by atoms with Gasteiger partial charge in [0.15, 0.2) is 6.04 Å². The summed E-state index contributed by atoms with van der Waals surface area (Å²) in [6.07, 6.45) is 2.27. The number of rotatable bonds is 5. The molecular weight excluding hydrogens is 268 g/mol. The fraction of sp³-hybridized carbons (Fsp3) is 0.615. The number of carbonyl (C=O) groups is 1. The van der Waals surface area contributed by atoms with Gasteiger partial charge >= 0.3 is 5.97 Å². The van der Waals surface area contributed by atoms with E-state index in [2.05, 4.69) is 5.10 Å². The summed E-state index contributed by atoms with van der Waals surface area (Å²) in [5.74, 6) is -0.682. The van der Waals surface area contributed by atoms with Crippen LogP contribution in [0.2, 0.25) is 5.15 Å². The lowest BCUT2D eigenvalue weighted by Crippen LogP contribution is -2.34. The summed E-state index contributed by atoms with van der Waals surface area (Å²) < 4.78 is 1.04. The van der Waals surface area contributed by atoms with E-state index < -0.39 is 12.0 Å². The Morgan fingerprint density at radius 2 is 2.21 bits per heavy atom. The zero-order chi connectivity index (χ0) is 14.2. The Kier molecular flexibility index (Phi) is 3.94. The zero-order valence-electron chi connectivity index (χ0n) is 11.0. The number of halogens is 1. The van der Waals surface area contributed by atoms with Gasteiger partial charge in [0.2, 0.25) is 0 Å². The van der Waals surface area contributed by atoms with Gasteiger partial charge in [0.05, 0.1) is 0 Å². The van der Waals surface area contributed by atoms with Crippen LogP contribution in [0.1, 0.15) is 50.6 Å². The van der Waals surface area contributed by atoms with E-state index in [9.17, 15) is 14.7 Å². The number of hydrogen-bond acceptors (Lipinski definition) is 3. The van der Waals surface area contributed by atoms with Crippen molar-refractivity contribution in [1.82, 2.24) is 9.78 Å². The Labute approximate surface area is 116 Å². The molecule has 1 aliphatic carbocycles. The second-order valence-corrected chi connectivity index (χ2v) is 5.82. The number of aromatic nitrogens is 2. The lowest BCUT2D eigenvalue weighted by Gasteiger charge is -2.17. The molecule has 0 aromatic carbocycles. The molecule has 2 rings (SSSR count). The molecule has 1 aromatic rings. The first kappa shape index (κ1) is 14.1. The van der Waals surface area contributed by atoms with E-state index in [1.54, 1.807) is 6.07 Å². The van der Waals surface area contributed by atoms with Gasteiger partial charge in [-0.3, -0.25) is 4.79 Å². The number of carboxylic acid groups (broad SMARTS) is 1. The average Bonchev–Trinajstić information content (AvgIpc) is 3.12. The Balaban J connectivity index is 2.46. The van der Waals surface area contributed by atoms with Crippen molar-refractivity contribution < 1.29 is 9.90 Å². The summed E-state index contributed by atoms with van der Waals surface area (Å²) in [4.78, 5) is 23.7. The molecule has 0 aliphatic heterocycles. The second kappa shape index (κ2) is 5.33. The van der Waals surface area contributed by atoms with Crippen molar-refractivity contribution in [3.63, 3.8) is 0 Å². The summed E-state index contributed by atoms with van der Waals surface area (Å²) in [5, 5.41) is 13.4. The molecule has 1 N–H and O–H groups in total. The van der Waals surface area contributed by atoms with Crippen LogP contribution >= 0.6 is 11.6 Å². The van der Waals surface area contributed by atoms with Gasteiger partial charge in [-0.15, -0.1) is 0 Å². The molecular formula is C13H17ClN2O3. The fourth-order valence-electron chi connectivity index (χ4n) is 2.15. The molecule has 1 aromatic heterocycles. The number of carboxylic acids is 1. The second-order valence-electron chi connectivity index (χ2n) is 5.43. The van der Waals surface area contributed by atoms with Gasteiger partial charge in [-0.25, -0.2) is 9.48 Å². The Hall–Kier alpha value is -1.36. The summed E-state index contributed by atoms with van der Waals surface area (Å²) in [6.45, 7) is 3.82. The Morgan fingerprint density at radius 3 is 2.68 bits per heavy atom. The highest BCUT2D eigenvalue weighted by molar-refractivity contribution is 6.29. The third-order valence-corrected chi connectivity index (χ3v) is 3.41. The van der Waals surface area contributed by atoms with Crippen LogP contribution < -0.4 is 5.56 Å². The van der Waals surface area contributed by atoms with Crippen LogP contribution in [0.3, 0.4) is 0 Å². The van der Waals surface area contributed by atoms with Crippen molar-refractivity contribution in [2.24, 2.45) is 5.92 Å². The molecule has 0 amide bonds. The minimum Gasteiger partial charge on any atom is -0.480 e. The van der Waals surface area contributed by atoms with E-state index in [1.165, 1.54) is 0 Å². The minimum absolute atomic E-state index is 0.151. The molecule has 19 heavy (non-hydrogen) atoms. The molecule has 104 valence electrons. The van der Waals surface area contributed by atoms with Gasteiger partial charge in [0.1, 0.15) is 5.15 Å². The molecule has 1 saturated carbocycles. The molecule has 1 fully saturated rings. The van der Waals surface area contributed by atoms with Crippen molar-refractivity contribution in [2.75, 3.05) is 0 Å². The van der Waals surface area contributed by atoms with Crippen LogP contribution in [0.25, 0.3) is 0 Å². The molecule has 0 bridgehead atoms. The van der Waals surface area contributed by atoms with Crippen molar-refractivity contribution in [3.05, 3.63) is 27.1 Å². The highest BCUT2D eigenvalue weighted by Crippen LogP contribution is 2.38. The maximum atomic E-state index is 12.3. The predicted octanol–water partition coefficient (Wildman–Crippen LogP) is 2.45. The fourth-order valence-corrected chi connectivity index (χ4v) is 2.35. The summed E-state index contributed by atoms with van der Waals surface area (Å²) in [5.41, 5.74) is 0.273. The van der Waals surface area contributed by atoms with Crippen LogP contribution in [0.15, 0.2) is 10.9 Å². The average molecular weight is 285 g/mol. The van der Waals surface area contributed by atoms with Crippen molar-refractivity contribution in [2.45, 2.75) is 45.1 Å². The third-order valence-electron chi connectivity index (χ3n) is 3.23. The summed E-state index contributed by atoms with van der Waals surface area (Å²) in [7, 11) is 0. The van der Waals surface area contributed by atoms with Crippen LogP contribution in [0, 0.1) is 5.92 Å². The molecule has 0 radical (unpaired) electrons. The van der Waals surface area contributed by atoms with Gasteiger partial charge in [-0.2, -0.15) is 5.10 Å². The monoisotopic (exact) mass is 284 g/mol. The van der Waals surface area contributed by atoms with Crippen LogP contribution in [0.5, 0.6) is 0 Å². The van der Waals surface area contributed by atoms with Crippen molar-refractivity contribution >= 4 is 17.6 Å². The maximum Gasteiger partial charge on any atom is 0.328 e. The smallest absolute Gasteiger partial charge is 0.328 e. The van der Waals surface area contributed by atoms with E-state index in [0.29, 0.717) is 12.0 Å². The van der Waals surface area contributed by atoms with Gasteiger partial charge in [-0.1, -0.05) is 25.4 Å². The Bertz CT molecular complexity index is 549. The lowest BCUT2D eigenvalue weighted by atomic mass is 10.0. The highest BCUT2D eigenvalue weighted by atomic mass is 35.5. The van der Waals surface area contributed by atoms with E-state index >= 15 is 0 Å². The largest absolute Gasteiger partial charge is 0.480 e. The van der Waals surface area contributed by atoms with Crippen LogP contribution in [-0.2, 0) is 4.79 Å². The minimum atomic E-state index is -1.05. The van der Waals surface area contributed by atoms with E-state index in [0.717, 1.165) is 17.5 Å². The van der Waals surface area contributed by atoms with Crippen LogP contribution in [0.4, 0.5) is 0 Å². The van der Waals surface area contributed by atoms with Gasteiger partial charge < -0.3 is 5.11 Å². The molecule has 0 saturated heterocycles. The summed E-state index contributed by atoms with van der Waals surface area (Å²) >= 11 is 5.92. The van der Waals surface area contributed by atoms with Gasteiger partial charge in [-0.05, 0) is 37.2 Å². The SMILES string of the molecule is CC(C)C[C@@H](C(=O)O)n1nc(Cl)cc(C2CC2)c1=O. The first-order valence-corrected chi connectivity index (χ1v) is 6.80. The topological polar surface area (TPSA) is 72.2 Å². The maximum absolute atomic E-state index is 12.3. The standard InChI is InChI=1S/C13H17ClN2O3/c1-7(2)5-10(13(18)19)16-12(17)9(8-3-4-8)6-11(14)15-16/h6-8,10H,3-5H2,1-2H3,(H,18,19)/t10-/m0/s1. The molecule has 5 nitrogen and oxygen atoms in total. The summed E-state index contributed by atoms with van der Waals surface area (Å²) in [6, 6.07) is 0.607. The first-order chi connectivity index (χ1) is 8.90. The third kappa shape index (κ3) is 3.15. The van der Waals surface area contributed by atoms with Gasteiger partial charge in [0, 0.05) is 5.56 Å². The van der Waals surface area contributed by atoms with Crippen LogP contribution in [-0.4, -0.2) is 20.9 Å². The van der Waals surface area contributed by atoms with Crippen molar-refractivity contribution in [3.8, 4) is 0 Å². The molecule has 0 unspecified atom stereocenters. The molecule has 0 spiro atoms. The first-order valence-electron chi connectivity index (χ1n) is 6.42. The van der Waals surface area contributed by atoms with E-state index in [1.807, 2.05) is 13.8 Å². The van der Waals surface area contributed by atoms with Gasteiger partial charge in [0.25, 0.3) is 5.56 Å². The highest BCUT2D eigenvalue weighted by Gasteiger charge is 2.31. The van der Waals surface area contributed by atoms with Crippen molar-refractivity contribution in [1.29, 1.82) is 0 Å². The number of aliphatic carboxylic acids is 1. The zero-order valence-corrected chi connectivity index (χ0v) is 11.7. The molecule has 1 atom stereocenters. The normalized spacial score (nSPS) is 16.6. The number of nitrogens with zero attached hydrogens (tertiary/aromatic N) is 2. The van der Waals surface area contributed by atoms with E-state index in [-0.39, 0.29) is 22.5 Å². The number of hydrogen-bond donors (Lipinski definition) is 1. The quantitative estimate of drug-likeness (QED) is 0.901. The molecule has 1 heterocycles. The van der Waals surface area contributed by atoms with E-state index in [4.69, 9.17) is 11.6 Å². The molecule has 1 aliphatic rings.